The Morgan fingerprint density at radius 2 is 2.00 bits per heavy atom. The van der Waals surface area contributed by atoms with E-state index < -0.39 is 12.7 Å². The number of benzene rings is 2. The van der Waals surface area contributed by atoms with Crippen LogP contribution in [0.2, 0.25) is 0 Å². The van der Waals surface area contributed by atoms with Crippen molar-refractivity contribution in [3.8, 4) is 17.6 Å². The highest BCUT2D eigenvalue weighted by molar-refractivity contribution is 5.95. The molecule has 6 nitrogen and oxygen atoms in total. The second-order valence-corrected chi connectivity index (χ2v) is 6.66. The predicted molar refractivity (Wildman–Crippen MR) is 114 cm³/mol. The van der Waals surface area contributed by atoms with Crippen LogP contribution >= 0.6 is 0 Å². The van der Waals surface area contributed by atoms with Crippen LogP contribution in [0.1, 0.15) is 16.1 Å². The van der Waals surface area contributed by atoms with E-state index in [1.165, 1.54) is 14.2 Å². The SMILES string of the molecule is CNC(=O)c1ccc(NCC#Cc2cc3c(N)cccc3n2CC(F)(F)F)c(OC)c1. The quantitative estimate of drug-likeness (QED) is 0.427. The first-order chi connectivity index (χ1) is 14.7. The number of nitrogens with one attached hydrogen (secondary N) is 2. The molecule has 1 amide bonds. The molecule has 1 heterocycles. The van der Waals surface area contributed by atoms with Gasteiger partial charge in [-0.05, 0) is 42.3 Å². The van der Waals surface area contributed by atoms with Crippen molar-refractivity contribution < 1.29 is 22.7 Å². The molecule has 3 rings (SSSR count). The Labute approximate surface area is 177 Å². The molecule has 4 N–H and O–H groups in total. The summed E-state index contributed by atoms with van der Waals surface area (Å²) in [6.07, 6.45) is -4.40. The number of fused-ring (bicyclic) bond motifs is 1. The molecule has 0 atom stereocenters. The molecular formula is C22H21F3N4O2. The maximum Gasteiger partial charge on any atom is 0.406 e. The van der Waals surface area contributed by atoms with E-state index >= 15 is 0 Å². The van der Waals surface area contributed by atoms with Gasteiger partial charge in [0.1, 0.15) is 12.3 Å². The highest BCUT2D eigenvalue weighted by atomic mass is 19.4. The van der Waals surface area contributed by atoms with Crippen LogP contribution in [0.3, 0.4) is 0 Å². The molecule has 0 radical (unpaired) electrons. The van der Waals surface area contributed by atoms with Crippen molar-refractivity contribution in [2.75, 3.05) is 31.8 Å². The largest absolute Gasteiger partial charge is 0.495 e. The average molecular weight is 430 g/mol. The molecule has 0 aliphatic rings. The Balaban J connectivity index is 1.84. The Morgan fingerprint density at radius 1 is 1.23 bits per heavy atom. The van der Waals surface area contributed by atoms with Crippen molar-refractivity contribution in [1.82, 2.24) is 9.88 Å². The van der Waals surface area contributed by atoms with Crippen LogP contribution in [0.15, 0.2) is 42.5 Å². The number of methoxy groups -OCH3 is 1. The Bertz CT molecular complexity index is 1170. The van der Waals surface area contributed by atoms with Crippen molar-refractivity contribution >= 4 is 28.2 Å². The molecule has 1 aromatic heterocycles. The summed E-state index contributed by atoms with van der Waals surface area (Å²) in [5.74, 6) is 5.82. The lowest BCUT2D eigenvalue weighted by Gasteiger charge is -2.11. The molecule has 0 aliphatic carbocycles. The fourth-order valence-electron chi connectivity index (χ4n) is 3.16. The van der Waals surface area contributed by atoms with Gasteiger partial charge in [0.05, 0.1) is 30.6 Å². The van der Waals surface area contributed by atoms with Crippen LogP contribution in [-0.2, 0) is 6.54 Å². The number of nitrogens with two attached hydrogens (primary N) is 1. The van der Waals surface area contributed by atoms with E-state index in [1.807, 2.05) is 0 Å². The van der Waals surface area contributed by atoms with Crippen LogP contribution in [0.4, 0.5) is 24.5 Å². The van der Waals surface area contributed by atoms with E-state index in [9.17, 15) is 18.0 Å². The van der Waals surface area contributed by atoms with Gasteiger partial charge in [0.2, 0.25) is 0 Å². The van der Waals surface area contributed by atoms with E-state index in [2.05, 4.69) is 22.5 Å². The normalized spacial score (nSPS) is 11.0. The van der Waals surface area contributed by atoms with Crippen molar-refractivity contribution in [1.29, 1.82) is 0 Å². The third kappa shape index (κ3) is 5.04. The molecule has 0 spiro atoms. The Kier molecular flexibility index (Phi) is 6.30. The van der Waals surface area contributed by atoms with E-state index in [-0.39, 0.29) is 18.1 Å². The predicted octanol–water partition coefficient (Wildman–Crippen LogP) is 3.62. The minimum Gasteiger partial charge on any atom is -0.495 e. The number of hydrogen-bond acceptors (Lipinski definition) is 4. The number of alkyl halides is 3. The zero-order valence-corrected chi connectivity index (χ0v) is 16.9. The number of halogens is 3. The summed E-state index contributed by atoms with van der Waals surface area (Å²) in [5, 5.41) is 6.10. The lowest BCUT2D eigenvalue weighted by atomic mass is 10.1. The summed E-state index contributed by atoms with van der Waals surface area (Å²) >= 11 is 0. The van der Waals surface area contributed by atoms with Gasteiger partial charge in [0.25, 0.3) is 5.91 Å². The van der Waals surface area contributed by atoms with Crippen LogP contribution in [-0.4, -0.2) is 37.4 Å². The van der Waals surface area contributed by atoms with E-state index in [4.69, 9.17) is 10.5 Å². The summed E-state index contributed by atoms with van der Waals surface area (Å²) < 4.78 is 45.6. The van der Waals surface area contributed by atoms with Crippen LogP contribution < -0.4 is 21.1 Å². The Hall–Kier alpha value is -3.80. The summed E-state index contributed by atoms with van der Waals surface area (Å²) in [4.78, 5) is 11.7. The lowest BCUT2D eigenvalue weighted by molar-refractivity contribution is -0.140. The molecule has 31 heavy (non-hydrogen) atoms. The van der Waals surface area contributed by atoms with Gasteiger partial charge in [-0.15, -0.1) is 0 Å². The maximum absolute atomic E-state index is 13.1. The second kappa shape index (κ2) is 8.92. The fraction of sp³-hybridized carbons (Fsp3) is 0.227. The number of nitrogens with zero attached hydrogens (tertiary/aromatic N) is 1. The molecule has 0 bridgehead atoms. The minimum atomic E-state index is -4.40. The van der Waals surface area contributed by atoms with Gasteiger partial charge in [-0.2, -0.15) is 13.2 Å². The average Bonchev–Trinajstić information content (AvgIpc) is 3.07. The molecule has 3 aromatic rings. The summed E-state index contributed by atoms with van der Waals surface area (Å²) in [6, 6.07) is 11.3. The van der Waals surface area contributed by atoms with Crippen LogP contribution in [0.5, 0.6) is 5.75 Å². The first kappa shape index (κ1) is 21.9. The van der Waals surface area contributed by atoms with Crippen LogP contribution in [0, 0.1) is 11.8 Å². The molecule has 0 saturated carbocycles. The van der Waals surface area contributed by atoms with Crippen molar-refractivity contribution in [2.45, 2.75) is 12.7 Å². The van der Waals surface area contributed by atoms with Crippen molar-refractivity contribution in [3.63, 3.8) is 0 Å². The smallest absolute Gasteiger partial charge is 0.406 e. The Morgan fingerprint density at radius 3 is 2.68 bits per heavy atom. The lowest BCUT2D eigenvalue weighted by Crippen LogP contribution is -2.18. The standard InChI is InChI=1S/C22H21F3N4O2/c1-27-21(30)14-8-9-18(20(11-14)31-2)28-10-4-5-15-12-16-17(26)6-3-7-19(16)29(15)13-22(23,24)25/h3,6-9,11-12,28H,10,13,26H2,1-2H3,(H,27,30). The molecule has 0 aliphatic heterocycles. The number of carbonyl (C=O) groups is 1. The first-order valence-corrected chi connectivity index (χ1v) is 9.31. The van der Waals surface area contributed by atoms with Gasteiger partial charge >= 0.3 is 6.18 Å². The number of hydrogen-bond donors (Lipinski definition) is 3. The van der Waals surface area contributed by atoms with E-state index in [1.54, 1.807) is 42.5 Å². The van der Waals surface area contributed by atoms with Gasteiger partial charge in [-0.3, -0.25) is 4.79 Å². The first-order valence-electron chi connectivity index (χ1n) is 9.31. The molecule has 0 saturated heterocycles. The molecule has 0 unspecified atom stereocenters. The zero-order chi connectivity index (χ0) is 22.6. The number of anilines is 2. The van der Waals surface area contributed by atoms with E-state index in [0.717, 1.165) is 4.57 Å². The van der Waals surface area contributed by atoms with Crippen molar-refractivity contribution in [3.05, 3.63) is 53.7 Å². The number of aromatic nitrogens is 1. The fourth-order valence-corrected chi connectivity index (χ4v) is 3.16. The van der Waals surface area contributed by atoms with Crippen LogP contribution in [0.25, 0.3) is 10.9 Å². The van der Waals surface area contributed by atoms with Gasteiger partial charge in [-0.25, -0.2) is 0 Å². The van der Waals surface area contributed by atoms with E-state index in [0.29, 0.717) is 33.6 Å². The third-order valence-electron chi connectivity index (χ3n) is 4.59. The number of amides is 1. The molecule has 2 aromatic carbocycles. The number of ether oxygens (including phenoxy) is 1. The second-order valence-electron chi connectivity index (χ2n) is 6.66. The molecule has 9 heteroatoms. The zero-order valence-electron chi connectivity index (χ0n) is 16.9. The highest BCUT2D eigenvalue weighted by Gasteiger charge is 2.29. The molecule has 0 fully saturated rings. The topological polar surface area (TPSA) is 81.3 Å². The van der Waals surface area contributed by atoms with Crippen molar-refractivity contribution in [2.24, 2.45) is 0 Å². The summed E-state index contributed by atoms with van der Waals surface area (Å²) in [7, 11) is 3.00. The molecule has 162 valence electrons. The number of carbonyl (C=O) groups excluding carboxylic acids is 1. The number of rotatable bonds is 5. The molecular weight excluding hydrogens is 409 g/mol. The monoisotopic (exact) mass is 430 g/mol. The third-order valence-corrected chi connectivity index (χ3v) is 4.59. The van der Waals surface area contributed by atoms with Gasteiger partial charge in [0.15, 0.2) is 0 Å². The number of nitrogen functional groups attached to an aromatic ring is 1. The van der Waals surface area contributed by atoms with Gasteiger partial charge in [-0.1, -0.05) is 12.0 Å². The maximum atomic E-state index is 13.1. The highest BCUT2D eigenvalue weighted by Crippen LogP contribution is 2.29. The minimum absolute atomic E-state index is 0.151. The van der Waals surface area contributed by atoms with Gasteiger partial charge in [0, 0.05) is 23.7 Å². The summed E-state index contributed by atoms with van der Waals surface area (Å²) in [6.45, 7) is -1.01. The summed E-state index contributed by atoms with van der Waals surface area (Å²) in [5.41, 5.74) is 7.93. The van der Waals surface area contributed by atoms with Gasteiger partial charge < -0.3 is 25.7 Å².